The van der Waals surface area contributed by atoms with Crippen molar-refractivity contribution in [2.24, 2.45) is 11.1 Å². The standard InChI is InChI=1S/C29H28F2N4O3S2/c30-22-9-8-19(14-20(22)18-3-1-2-4-18)27-21(11-17-7-10-26(40(32)38)23(31)12-17)25(13-16-5-6-16)35(34-27)29-33-24(15-39-29)28(36)37/h7-10,12,14-16,18H,1-6,11,13H2,(H2,32,38)(H,36,37)/p+1. The highest BCUT2D eigenvalue weighted by Gasteiger charge is 2.30. The number of rotatable bonds is 9. The van der Waals surface area contributed by atoms with Gasteiger partial charge in [0, 0.05) is 22.9 Å². The number of thiazole rings is 1. The third-order valence-corrected chi connectivity index (χ3v) is 9.51. The summed E-state index contributed by atoms with van der Waals surface area (Å²) < 4.78 is 43.2. The molecule has 2 aliphatic carbocycles. The van der Waals surface area contributed by atoms with Gasteiger partial charge in [0.05, 0.1) is 11.4 Å². The molecule has 0 saturated heterocycles. The quantitative estimate of drug-likeness (QED) is 0.183. The van der Waals surface area contributed by atoms with Crippen LogP contribution in [-0.2, 0) is 28.0 Å². The van der Waals surface area contributed by atoms with Gasteiger partial charge in [0.1, 0.15) is 5.82 Å². The first-order valence-electron chi connectivity index (χ1n) is 13.4. The van der Waals surface area contributed by atoms with Crippen LogP contribution in [0, 0.1) is 17.6 Å². The van der Waals surface area contributed by atoms with Crippen LogP contribution >= 0.6 is 11.3 Å². The number of nitrogens with zero attached hydrogens (tertiary/aromatic N) is 3. The van der Waals surface area contributed by atoms with E-state index in [1.54, 1.807) is 16.8 Å². The molecule has 1 unspecified atom stereocenters. The minimum Gasteiger partial charge on any atom is -0.476 e. The summed E-state index contributed by atoms with van der Waals surface area (Å²) in [4.78, 5) is 15.9. The van der Waals surface area contributed by atoms with Gasteiger partial charge in [-0.25, -0.2) is 23.2 Å². The van der Waals surface area contributed by atoms with Crippen LogP contribution in [0.15, 0.2) is 46.7 Å². The molecule has 1 atom stereocenters. The summed E-state index contributed by atoms with van der Waals surface area (Å²) in [6.45, 7) is 0. The number of carbonyl (C=O) groups is 1. The second kappa shape index (κ2) is 10.9. The number of hydrogen-bond acceptors (Lipinski definition) is 5. The van der Waals surface area contributed by atoms with Crippen molar-refractivity contribution < 1.29 is 22.9 Å². The Morgan fingerprint density at radius 2 is 1.88 bits per heavy atom. The van der Waals surface area contributed by atoms with Gasteiger partial charge in [-0.15, -0.1) is 16.5 Å². The van der Waals surface area contributed by atoms with Crippen LogP contribution in [0.1, 0.15) is 77.3 Å². The Morgan fingerprint density at radius 3 is 2.52 bits per heavy atom. The molecular weight excluding hydrogens is 554 g/mol. The zero-order chi connectivity index (χ0) is 28.0. The number of thiol groups is 1. The Balaban J connectivity index is 1.51. The molecule has 11 heteroatoms. The lowest BCUT2D eigenvalue weighted by Gasteiger charge is -2.13. The van der Waals surface area contributed by atoms with Gasteiger partial charge in [-0.05, 0) is 85.4 Å². The molecule has 0 bridgehead atoms. The van der Waals surface area contributed by atoms with E-state index in [2.05, 4.69) is 4.98 Å². The highest BCUT2D eigenvalue weighted by molar-refractivity contribution is 7.82. The Morgan fingerprint density at radius 1 is 1.10 bits per heavy atom. The third kappa shape index (κ3) is 5.37. The zero-order valence-corrected chi connectivity index (χ0v) is 23.4. The van der Waals surface area contributed by atoms with Crippen LogP contribution in [0.5, 0.6) is 0 Å². The summed E-state index contributed by atoms with van der Waals surface area (Å²) in [6, 6.07) is 9.60. The first-order valence-corrected chi connectivity index (χ1v) is 15.6. The molecule has 0 amide bonds. The number of carboxylic acid groups (broad SMARTS) is 1. The molecular formula is C29H29F2N4O3S2+. The lowest BCUT2D eigenvalue weighted by Crippen LogP contribution is -2.07. The molecule has 0 radical (unpaired) electrons. The van der Waals surface area contributed by atoms with E-state index in [4.69, 9.17) is 10.2 Å². The monoisotopic (exact) mass is 583 g/mol. The summed E-state index contributed by atoms with van der Waals surface area (Å²) in [7, 11) is -2.31. The summed E-state index contributed by atoms with van der Waals surface area (Å²) in [6.07, 6.45) is 7.22. The zero-order valence-electron chi connectivity index (χ0n) is 21.6. The highest BCUT2D eigenvalue weighted by atomic mass is 32.2. The van der Waals surface area contributed by atoms with Gasteiger partial charge in [0.2, 0.25) is 10.0 Å². The fourth-order valence-electron chi connectivity index (χ4n) is 5.61. The van der Waals surface area contributed by atoms with Crippen LogP contribution in [0.2, 0.25) is 0 Å². The molecule has 3 N–H and O–H groups in total. The molecule has 2 aliphatic rings. The Hall–Kier alpha value is -3.28. The van der Waals surface area contributed by atoms with Crippen LogP contribution < -0.4 is 5.14 Å². The molecule has 4 aromatic rings. The number of hydrogen-bond donors (Lipinski definition) is 2. The van der Waals surface area contributed by atoms with E-state index in [1.807, 2.05) is 6.07 Å². The maximum Gasteiger partial charge on any atom is 0.355 e. The Labute approximate surface area is 236 Å². The number of carboxylic acids is 1. The topological polar surface area (TPSA) is 111 Å². The molecule has 2 heterocycles. The highest BCUT2D eigenvalue weighted by Crippen LogP contribution is 2.40. The van der Waals surface area contributed by atoms with Gasteiger partial charge in [0.15, 0.2) is 22.5 Å². The first kappa shape index (κ1) is 26.9. The van der Waals surface area contributed by atoms with Gasteiger partial charge < -0.3 is 5.11 Å². The van der Waals surface area contributed by atoms with Crippen molar-refractivity contribution >= 4 is 28.3 Å². The fourth-order valence-corrected chi connectivity index (χ4v) is 6.88. The Bertz CT molecular complexity index is 1620. The second-order valence-electron chi connectivity index (χ2n) is 10.7. The summed E-state index contributed by atoms with van der Waals surface area (Å²) in [5, 5.41) is 21.8. The molecule has 6 rings (SSSR count). The largest absolute Gasteiger partial charge is 0.476 e. The van der Waals surface area contributed by atoms with E-state index in [-0.39, 0.29) is 22.3 Å². The minimum atomic E-state index is -2.31. The number of aromatic nitrogens is 3. The number of aromatic carboxylic acids is 1. The lowest BCUT2D eigenvalue weighted by atomic mass is 9.92. The van der Waals surface area contributed by atoms with Gasteiger partial charge in [0.25, 0.3) is 0 Å². The smallest absolute Gasteiger partial charge is 0.355 e. The molecule has 7 nitrogen and oxygen atoms in total. The number of nitrogens with two attached hydrogens (primary N) is 1. The third-order valence-electron chi connectivity index (χ3n) is 7.86. The lowest BCUT2D eigenvalue weighted by molar-refractivity contribution is 0.0691. The van der Waals surface area contributed by atoms with Crippen molar-refractivity contribution in [3.8, 4) is 16.4 Å². The number of benzene rings is 2. The van der Waals surface area contributed by atoms with Crippen LogP contribution in [0.3, 0.4) is 0 Å². The van der Waals surface area contributed by atoms with E-state index < -0.39 is 22.8 Å². The fraction of sp³-hybridized carbons (Fsp3) is 0.345. The molecule has 2 aromatic carbocycles. The van der Waals surface area contributed by atoms with E-state index in [9.17, 15) is 22.9 Å². The molecule has 208 valence electrons. The van der Waals surface area contributed by atoms with E-state index in [0.29, 0.717) is 40.7 Å². The summed E-state index contributed by atoms with van der Waals surface area (Å²) in [5.41, 5.74) is 4.40. The van der Waals surface area contributed by atoms with Gasteiger partial charge in [-0.1, -0.05) is 23.1 Å². The SMILES string of the molecule is N[SH+](=O)c1ccc(Cc2c(-c3ccc(F)c(C4CCCC4)c3)nn(-c3nc(C(=O)O)cs3)c2CC2CC2)cc1F. The van der Waals surface area contributed by atoms with Crippen molar-refractivity contribution in [2.75, 3.05) is 0 Å². The maximum atomic E-state index is 15.0. The van der Waals surface area contributed by atoms with Gasteiger partial charge in [-0.3, -0.25) is 0 Å². The molecule has 0 spiro atoms. The normalized spacial score (nSPS) is 16.5. The second-order valence-corrected chi connectivity index (χ2v) is 12.6. The van der Waals surface area contributed by atoms with Crippen LogP contribution in [-0.4, -0.2) is 25.8 Å². The van der Waals surface area contributed by atoms with E-state index in [1.165, 1.54) is 34.9 Å². The first-order chi connectivity index (χ1) is 19.3. The molecule has 2 saturated carbocycles. The average molecular weight is 584 g/mol. The van der Waals surface area contributed by atoms with Crippen molar-refractivity contribution in [1.29, 1.82) is 0 Å². The predicted octanol–water partition coefficient (Wildman–Crippen LogP) is 6.10. The van der Waals surface area contributed by atoms with Gasteiger partial charge >= 0.3 is 5.97 Å². The average Bonchev–Trinajstić information content (AvgIpc) is 3.29. The molecule has 2 aromatic heterocycles. The number of halogens is 2. The van der Waals surface area contributed by atoms with Crippen molar-refractivity contribution in [1.82, 2.24) is 14.8 Å². The van der Waals surface area contributed by atoms with Crippen molar-refractivity contribution in [2.45, 2.75) is 62.2 Å². The van der Waals surface area contributed by atoms with Crippen molar-refractivity contribution in [3.63, 3.8) is 0 Å². The molecule has 2 fully saturated rings. The molecule has 0 aliphatic heterocycles. The maximum absolute atomic E-state index is 15.0. The van der Waals surface area contributed by atoms with Gasteiger partial charge in [-0.2, -0.15) is 5.10 Å². The Kier molecular flexibility index (Phi) is 7.37. The van der Waals surface area contributed by atoms with Crippen LogP contribution in [0.4, 0.5) is 8.78 Å². The van der Waals surface area contributed by atoms with E-state index >= 15 is 0 Å². The predicted molar refractivity (Wildman–Crippen MR) is 150 cm³/mol. The molecule has 40 heavy (non-hydrogen) atoms. The van der Waals surface area contributed by atoms with Crippen LogP contribution in [0.25, 0.3) is 16.4 Å². The van der Waals surface area contributed by atoms with E-state index in [0.717, 1.165) is 55.3 Å². The summed E-state index contributed by atoms with van der Waals surface area (Å²) in [5.74, 6) is -1.35. The van der Waals surface area contributed by atoms with Crippen molar-refractivity contribution in [3.05, 3.63) is 81.5 Å². The minimum absolute atomic E-state index is 0.0309. The summed E-state index contributed by atoms with van der Waals surface area (Å²) >= 11 is 1.19.